The van der Waals surface area contributed by atoms with Gasteiger partial charge < -0.3 is 10.6 Å². The van der Waals surface area contributed by atoms with Crippen LogP contribution in [0.25, 0.3) is 0 Å². The first-order valence-corrected chi connectivity index (χ1v) is 5.16. The summed E-state index contributed by atoms with van der Waals surface area (Å²) in [5.74, 6) is 0.690. The highest BCUT2D eigenvalue weighted by Crippen LogP contribution is 2.30. The van der Waals surface area contributed by atoms with Crippen LogP contribution in [-0.2, 0) is 0 Å². The van der Waals surface area contributed by atoms with Crippen molar-refractivity contribution in [1.82, 2.24) is 10.6 Å². The highest BCUT2D eigenvalue weighted by atomic mass is 15.0. The largest absolute Gasteiger partial charge is 0.384 e. The highest BCUT2D eigenvalue weighted by molar-refractivity contribution is 5.34. The van der Waals surface area contributed by atoms with Crippen molar-refractivity contribution in [1.29, 1.82) is 0 Å². The second-order valence-electron chi connectivity index (χ2n) is 4.18. The van der Waals surface area contributed by atoms with Crippen molar-refractivity contribution in [2.75, 3.05) is 13.1 Å². The van der Waals surface area contributed by atoms with E-state index in [4.69, 9.17) is 0 Å². The van der Waals surface area contributed by atoms with E-state index in [1.54, 1.807) is 5.57 Å². The summed E-state index contributed by atoms with van der Waals surface area (Å²) in [6.45, 7) is 8.43. The van der Waals surface area contributed by atoms with E-state index < -0.39 is 0 Å². The van der Waals surface area contributed by atoms with E-state index in [9.17, 15) is 0 Å². The second-order valence-corrected chi connectivity index (χ2v) is 4.18. The van der Waals surface area contributed by atoms with Crippen LogP contribution in [0.4, 0.5) is 0 Å². The molecule has 2 N–H and O–H groups in total. The molecule has 13 heavy (non-hydrogen) atoms. The highest BCUT2D eigenvalue weighted by Gasteiger charge is 2.19. The molecule has 1 saturated carbocycles. The van der Waals surface area contributed by atoms with E-state index in [1.807, 2.05) is 0 Å². The molecular weight excluding hydrogens is 160 g/mol. The fourth-order valence-corrected chi connectivity index (χ4v) is 1.78. The van der Waals surface area contributed by atoms with Crippen molar-refractivity contribution in [2.45, 2.75) is 26.2 Å². The van der Waals surface area contributed by atoms with Crippen LogP contribution in [0.1, 0.15) is 26.2 Å². The molecule has 1 unspecified atom stereocenters. The molecular formula is C11H18N2. The molecule has 1 aliphatic heterocycles. The van der Waals surface area contributed by atoms with Crippen LogP contribution in [0.15, 0.2) is 23.5 Å². The fraction of sp³-hybridized carbons (Fsp3) is 0.636. The van der Waals surface area contributed by atoms with Gasteiger partial charge in [0.15, 0.2) is 0 Å². The topological polar surface area (TPSA) is 24.1 Å². The molecule has 0 aromatic carbocycles. The minimum atomic E-state index is 0.690. The first-order valence-electron chi connectivity index (χ1n) is 5.16. The van der Waals surface area contributed by atoms with Gasteiger partial charge in [-0.25, -0.2) is 0 Å². The molecule has 0 aromatic heterocycles. The van der Waals surface area contributed by atoms with Crippen LogP contribution in [0.3, 0.4) is 0 Å². The molecule has 0 amide bonds. The van der Waals surface area contributed by atoms with E-state index in [0.29, 0.717) is 5.92 Å². The maximum atomic E-state index is 4.06. The molecule has 2 fully saturated rings. The van der Waals surface area contributed by atoms with Crippen LogP contribution >= 0.6 is 0 Å². The molecule has 0 radical (unpaired) electrons. The Bertz CT molecular complexity index is 247. The lowest BCUT2D eigenvalue weighted by Gasteiger charge is -2.23. The Labute approximate surface area is 80.1 Å². The minimum Gasteiger partial charge on any atom is -0.384 e. The average molecular weight is 178 g/mol. The van der Waals surface area contributed by atoms with Crippen LogP contribution in [0.5, 0.6) is 0 Å². The third kappa shape index (κ3) is 1.71. The van der Waals surface area contributed by atoms with Gasteiger partial charge >= 0.3 is 0 Å². The number of hydrogen-bond acceptors (Lipinski definition) is 2. The molecule has 0 aromatic rings. The molecule has 0 bridgehead atoms. The van der Waals surface area contributed by atoms with Crippen LogP contribution in [0.2, 0.25) is 0 Å². The maximum Gasteiger partial charge on any atom is 0.0561 e. The molecule has 1 atom stereocenters. The summed E-state index contributed by atoms with van der Waals surface area (Å²) in [4.78, 5) is 0. The fourth-order valence-electron chi connectivity index (χ4n) is 1.78. The summed E-state index contributed by atoms with van der Waals surface area (Å²) in [6.07, 6.45) is 3.87. The quantitative estimate of drug-likeness (QED) is 0.590. The number of nitrogens with one attached hydrogen (secondary N) is 2. The van der Waals surface area contributed by atoms with Gasteiger partial charge in [0.1, 0.15) is 0 Å². The van der Waals surface area contributed by atoms with E-state index >= 15 is 0 Å². The number of rotatable bonds is 0. The first-order chi connectivity index (χ1) is 6.27. The molecule has 1 heterocycles. The number of allylic oxidation sites excluding steroid dienone is 1. The average Bonchev–Trinajstić information content (AvgIpc) is 2.16. The standard InChI is InChI=1S/C11H18N2/c1-8-6-12-9(2)11(13-7-8)10-4-3-5-10/h8,12-13H,2-7H2,1H3. The van der Waals surface area contributed by atoms with Gasteiger partial charge in [-0.15, -0.1) is 0 Å². The smallest absolute Gasteiger partial charge is 0.0561 e. The summed E-state index contributed by atoms with van der Waals surface area (Å²) in [6, 6.07) is 0. The zero-order chi connectivity index (χ0) is 9.26. The third-order valence-corrected chi connectivity index (χ3v) is 2.90. The minimum absolute atomic E-state index is 0.690. The van der Waals surface area contributed by atoms with Crippen molar-refractivity contribution >= 4 is 0 Å². The second kappa shape index (κ2) is 3.44. The predicted octanol–water partition coefficient (Wildman–Crippen LogP) is 1.77. The molecule has 2 nitrogen and oxygen atoms in total. The third-order valence-electron chi connectivity index (χ3n) is 2.90. The molecule has 2 heteroatoms. The monoisotopic (exact) mass is 178 g/mol. The van der Waals surface area contributed by atoms with Crippen molar-refractivity contribution in [3.05, 3.63) is 23.5 Å². The van der Waals surface area contributed by atoms with Gasteiger partial charge in [0.2, 0.25) is 0 Å². The zero-order valence-electron chi connectivity index (χ0n) is 8.32. The summed E-state index contributed by atoms with van der Waals surface area (Å²) >= 11 is 0. The van der Waals surface area contributed by atoms with Gasteiger partial charge in [0, 0.05) is 13.1 Å². The van der Waals surface area contributed by atoms with Gasteiger partial charge in [-0.3, -0.25) is 0 Å². The maximum absolute atomic E-state index is 4.06. The Kier molecular flexibility index (Phi) is 2.30. The first kappa shape index (κ1) is 8.67. The summed E-state index contributed by atoms with van der Waals surface area (Å²) < 4.78 is 0. The number of hydrogen-bond donors (Lipinski definition) is 2. The lowest BCUT2D eigenvalue weighted by atomic mass is 9.90. The molecule has 2 rings (SSSR count). The van der Waals surface area contributed by atoms with E-state index in [0.717, 1.165) is 18.8 Å². The van der Waals surface area contributed by atoms with Crippen molar-refractivity contribution in [3.8, 4) is 0 Å². The van der Waals surface area contributed by atoms with Crippen LogP contribution < -0.4 is 10.6 Å². The Morgan fingerprint density at radius 3 is 2.54 bits per heavy atom. The van der Waals surface area contributed by atoms with Gasteiger partial charge in [-0.05, 0) is 30.8 Å². The van der Waals surface area contributed by atoms with E-state index in [1.165, 1.54) is 25.0 Å². The predicted molar refractivity (Wildman–Crippen MR) is 55.2 cm³/mol. The molecule has 1 saturated heterocycles. The van der Waals surface area contributed by atoms with Gasteiger partial charge in [0.25, 0.3) is 0 Å². The van der Waals surface area contributed by atoms with Crippen molar-refractivity contribution < 1.29 is 0 Å². The Balaban J connectivity index is 2.13. The Morgan fingerprint density at radius 1 is 1.23 bits per heavy atom. The van der Waals surface area contributed by atoms with Gasteiger partial charge in [-0.2, -0.15) is 0 Å². The SMILES string of the molecule is C=C1NCC(C)CNC1=C1CCC1. The molecule has 2 aliphatic rings. The van der Waals surface area contributed by atoms with Gasteiger partial charge in [0.05, 0.1) is 11.4 Å². The summed E-state index contributed by atoms with van der Waals surface area (Å²) in [7, 11) is 0. The van der Waals surface area contributed by atoms with E-state index in [2.05, 4.69) is 24.1 Å². The van der Waals surface area contributed by atoms with Crippen molar-refractivity contribution in [2.24, 2.45) is 5.92 Å². The van der Waals surface area contributed by atoms with Crippen LogP contribution in [-0.4, -0.2) is 13.1 Å². The Hall–Kier alpha value is -0.920. The van der Waals surface area contributed by atoms with Crippen molar-refractivity contribution in [3.63, 3.8) is 0 Å². The van der Waals surface area contributed by atoms with Crippen LogP contribution in [0, 0.1) is 5.92 Å². The lowest BCUT2D eigenvalue weighted by Crippen LogP contribution is -2.22. The molecule has 1 aliphatic carbocycles. The lowest BCUT2D eigenvalue weighted by molar-refractivity contribution is 0.550. The molecule has 72 valence electrons. The summed E-state index contributed by atoms with van der Waals surface area (Å²) in [5.41, 5.74) is 3.96. The molecule has 0 spiro atoms. The Morgan fingerprint density at radius 2 is 1.92 bits per heavy atom. The van der Waals surface area contributed by atoms with E-state index in [-0.39, 0.29) is 0 Å². The zero-order valence-corrected chi connectivity index (χ0v) is 8.32. The van der Waals surface area contributed by atoms with Gasteiger partial charge in [-0.1, -0.05) is 13.5 Å². The normalized spacial score (nSPS) is 28.7. The summed E-state index contributed by atoms with van der Waals surface area (Å²) in [5, 5.41) is 6.88.